The Labute approximate surface area is 134 Å². The molecule has 0 saturated heterocycles. The Balaban J connectivity index is 3.41. The van der Waals surface area contributed by atoms with Crippen molar-refractivity contribution in [1.29, 1.82) is 0 Å². The van der Waals surface area contributed by atoms with Crippen LogP contribution in [0, 0.1) is 39.9 Å². The van der Waals surface area contributed by atoms with E-state index >= 15 is 0 Å². The lowest BCUT2D eigenvalue weighted by molar-refractivity contribution is 0.0236. The quantitative estimate of drug-likeness (QED) is 0.458. The lowest BCUT2D eigenvalue weighted by Gasteiger charge is -2.46. The van der Waals surface area contributed by atoms with Crippen molar-refractivity contribution in [2.24, 2.45) is 39.9 Å². The van der Waals surface area contributed by atoms with Gasteiger partial charge < -0.3 is 0 Å². The third-order valence-electron chi connectivity index (χ3n) is 5.91. The first kappa shape index (κ1) is 18.8. The van der Waals surface area contributed by atoms with E-state index in [1.54, 1.807) is 5.57 Å². The van der Waals surface area contributed by atoms with Gasteiger partial charge in [0.05, 0.1) is 0 Å². The maximum Gasteiger partial charge on any atom is -0.0167 e. The van der Waals surface area contributed by atoms with E-state index < -0.39 is 0 Å². The second kappa shape index (κ2) is 5.74. The highest BCUT2D eigenvalue weighted by Crippen LogP contribution is 2.61. The first-order valence-corrected chi connectivity index (χ1v) is 8.84. The van der Waals surface area contributed by atoms with Gasteiger partial charge in [-0.15, -0.1) is 0 Å². The fraction of sp³-hybridized carbons (Fsp3) is 0.905. The number of allylic oxidation sites excluding steroid dienone is 2. The lowest BCUT2D eigenvalue weighted by Crippen LogP contribution is -2.40. The summed E-state index contributed by atoms with van der Waals surface area (Å²) >= 11 is 0. The minimum atomic E-state index is 0.368. The molecule has 1 aliphatic carbocycles. The van der Waals surface area contributed by atoms with Crippen LogP contribution in [0.5, 0.6) is 0 Å². The molecule has 0 heteroatoms. The molecule has 4 atom stereocenters. The summed E-state index contributed by atoms with van der Waals surface area (Å²) in [5.41, 5.74) is 2.74. The van der Waals surface area contributed by atoms with Crippen molar-refractivity contribution in [3.63, 3.8) is 0 Å². The normalized spacial score (nSPS) is 32.6. The van der Waals surface area contributed by atoms with Crippen LogP contribution in [0.25, 0.3) is 0 Å². The molecule has 0 spiro atoms. The second-order valence-corrected chi connectivity index (χ2v) is 10.6. The van der Waals surface area contributed by atoms with Crippen molar-refractivity contribution in [3.8, 4) is 0 Å². The molecule has 0 aromatic rings. The zero-order valence-corrected chi connectivity index (χ0v) is 16.6. The van der Waals surface area contributed by atoms with E-state index in [1.807, 2.05) is 0 Å². The van der Waals surface area contributed by atoms with E-state index in [2.05, 4.69) is 82.2 Å². The van der Waals surface area contributed by atoms with Gasteiger partial charge >= 0.3 is 0 Å². The number of hydrogen-bond donors (Lipinski definition) is 0. The van der Waals surface area contributed by atoms with Gasteiger partial charge in [0.2, 0.25) is 0 Å². The van der Waals surface area contributed by atoms with Crippen molar-refractivity contribution < 1.29 is 0 Å². The van der Waals surface area contributed by atoms with Gasteiger partial charge in [-0.3, -0.25) is 0 Å². The van der Waals surface area contributed by atoms with Crippen LogP contribution >= 0.6 is 0 Å². The van der Waals surface area contributed by atoms with Crippen LogP contribution in [0.15, 0.2) is 11.6 Å². The van der Waals surface area contributed by atoms with Gasteiger partial charge in [-0.05, 0) is 60.2 Å². The molecule has 0 radical (unpaired) electrons. The molecule has 21 heavy (non-hydrogen) atoms. The predicted octanol–water partition coefficient (Wildman–Crippen LogP) is 6.96. The average molecular weight is 293 g/mol. The highest BCUT2D eigenvalue weighted by atomic mass is 14.6. The Morgan fingerprint density at radius 3 is 1.48 bits per heavy atom. The van der Waals surface area contributed by atoms with Crippen molar-refractivity contribution in [1.82, 2.24) is 0 Å². The average Bonchev–Trinajstić information content (AvgIpc) is 2.66. The third kappa shape index (κ3) is 3.93. The van der Waals surface area contributed by atoms with Crippen molar-refractivity contribution >= 4 is 0 Å². The topological polar surface area (TPSA) is 0 Å². The van der Waals surface area contributed by atoms with Crippen LogP contribution in [0.3, 0.4) is 0 Å². The maximum atomic E-state index is 2.46. The van der Waals surface area contributed by atoms with Crippen LogP contribution in [0.2, 0.25) is 0 Å². The fourth-order valence-electron chi connectivity index (χ4n) is 4.93. The molecule has 1 fully saturated rings. The summed E-state index contributed by atoms with van der Waals surface area (Å²) in [5, 5.41) is 0. The molecule has 1 saturated carbocycles. The fourth-order valence-corrected chi connectivity index (χ4v) is 4.93. The molecule has 0 amide bonds. The number of rotatable bonds is 1. The smallest absolute Gasteiger partial charge is 0.0167 e. The molecule has 1 aliphatic rings. The molecule has 0 aromatic carbocycles. The van der Waals surface area contributed by atoms with E-state index in [0.717, 1.165) is 23.7 Å². The first-order chi connectivity index (χ1) is 9.21. The van der Waals surface area contributed by atoms with Gasteiger partial charge in [-0.1, -0.05) is 74.0 Å². The number of hydrogen-bond acceptors (Lipinski definition) is 0. The summed E-state index contributed by atoms with van der Waals surface area (Å²) in [7, 11) is 0. The van der Waals surface area contributed by atoms with Crippen LogP contribution in [0.4, 0.5) is 0 Å². The molecule has 124 valence electrons. The summed E-state index contributed by atoms with van der Waals surface area (Å²) in [6.45, 7) is 26.7. The van der Waals surface area contributed by atoms with E-state index in [9.17, 15) is 0 Å². The first-order valence-electron chi connectivity index (χ1n) is 8.84. The maximum absolute atomic E-state index is 2.46. The van der Waals surface area contributed by atoms with E-state index in [-0.39, 0.29) is 0 Å². The standard InChI is InChI=1S/C21H40/c1-12-14(2)15-13-16(19(3,4)5)18(21(9,10)11)17(15)20(6,7)8/h12,15-18H,13H2,1-11H3/b14-12+. The van der Waals surface area contributed by atoms with Gasteiger partial charge in [-0.25, -0.2) is 0 Å². The highest BCUT2D eigenvalue weighted by Gasteiger charge is 2.55. The van der Waals surface area contributed by atoms with Gasteiger partial charge in [0.25, 0.3) is 0 Å². The molecule has 4 unspecified atom stereocenters. The van der Waals surface area contributed by atoms with Crippen molar-refractivity contribution in [2.45, 2.75) is 82.6 Å². The largest absolute Gasteiger partial charge is 0.0884 e. The van der Waals surface area contributed by atoms with Gasteiger partial charge in [-0.2, -0.15) is 0 Å². The van der Waals surface area contributed by atoms with E-state index in [0.29, 0.717) is 16.2 Å². The Kier molecular flexibility index (Phi) is 5.14. The summed E-state index contributed by atoms with van der Waals surface area (Å²) in [5.74, 6) is 3.13. The Hall–Kier alpha value is -0.260. The Morgan fingerprint density at radius 1 is 0.762 bits per heavy atom. The third-order valence-corrected chi connectivity index (χ3v) is 5.91. The zero-order chi connectivity index (χ0) is 16.8. The molecular weight excluding hydrogens is 252 g/mol. The van der Waals surface area contributed by atoms with E-state index in [4.69, 9.17) is 0 Å². The lowest BCUT2D eigenvalue weighted by atomic mass is 9.58. The van der Waals surface area contributed by atoms with E-state index in [1.165, 1.54) is 6.42 Å². The predicted molar refractivity (Wildman–Crippen MR) is 96.4 cm³/mol. The molecule has 0 nitrogen and oxygen atoms in total. The minimum absolute atomic E-state index is 0.368. The molecule has 0 bridgehead atoms. The zero-order valence-electron chi connectivity index (χ0n) is 16.6. The van der Waals surface area contributed by atoms with Crippen LogP contribution in [-0.2, 0) is 0 Å². The minimum Gasteiger partial charge on any atom is -0.0884 e. The SMILES string of the molecule is C/C=C(\C)C1CC(C(C)(C)C)C(C(C)(C)C)C1C(C)(C)C. The molecule has 0 aliphatic heterocycles. The van der Waals surface area contributed by atoms with Gasteiger partial charge in [0.1, 0.15) is 0 Å². The van der Waals surface area contributed by atoms with Crippen LogP contribution in [-0.4, -0.2) is 0 Å². The van der Waals surface area contributed by atoms with Crippen molar-refractivity contribution in [3.05, 3.63) is 11.6 Å². The molecule has 0 heterocycles. The second-order valence-electron chi connectivity index (χ2n) is 10.6. The Morgan fingerprint density at radius 2 is 1.19 bits per heavy atom. The molecule has 0 N–H and O–H groups in total. The molecule has 1 rings (SSSR count). The summed E-state index contributed by atoms with van der Waals surface area (Å²) in [6.07, 6.45) is 3.72. The highest BCUT2D eigenvalue weighted by molar-refractivity contribution is 5.14. The summed E-state index contributed by atoms with van der Waals surface area (Å²) in [4.78, 5) is 0. The van der Waals surface area contributed by atoms with Crippen molar-refractivity contribution in [2.75, 3.05) is 0 Å². The van der Waals surface area contributed by atoms with Gasteiger partial charge in [0, 0.05) is 0 Å². The van der Waals surface area contributed by atoms with Crippen LogP contribution < -0.4 is 0 Å². The van der Waals surface area contributed by atoms with Crippen LogP contribution in [0.1, 0.15) is 82.6 Å². The van der Waals surface area contributed by atoms with Gasteiger partial charge in [0.15, 0.2) is 0 Å². The summed E-state index contributed by atoms with van der Waals surface area (Å²) < 4.78 is 0. The molecular formula is C21H40. The Bertz CT molecular complexity index is 378. The monoisotopic (exact) mass is 292 g/mol. The molecule has 0 aromatic heterocycles. The summed E-state index contributed by atoms with van der Waals surface area (Å²) in [6, 6.07) is 0.